The Morgan fingerprint density at radius 2 is 2.05 bits per heavy atom. The molecule has 2 aliphatic rings. The third kappa shape index (κ3) is 4.22. The lowest BCUT2D eigenvalue weighted by atomic mass is 10.0. The van der Waals surface area contributed by atoms with Crippen LogP contribution >= 0.6 is 12.4 Å². The number of benzene rings is 1. The summed E-state index contributed by atoms with van der Waals surface area (Å²) in [6.07, 6.45) is 1.00. The number of rotatable bonds is 5. The van der Waals surface area contributed by atoms with E-state index in [0.29, 0.717) is 5.92 Å². The van der Waals surface area contributed by atoms with Gasteiger partial charge in [0.1, 0.15) is 0 Å². The fraction of sp³-hybridized carbons (Fsp3) is 0.588. The predicted octanol–water partition coefficient (Wildman–Crippen LogP) is 1.54. The van der Waals surface area contributed by atoms with E-state index in [1.165, 1.54) is 11.1 Å². The van der Waals surface area contributed by atoms with Gasteiger partial charge in [0, 0.05) is 45.2 Å². The lowest BCUT2D eigenvalue weighted by Gasteiger charge is -2.27. The number of hydrogen-bond acceptors (Lipinski definition) is 3. The SMILES string of the molecule is Cc1ccccc1C1CC1C(=O)NCCN1CCNCC1.Cl. The van der Waals surface area contributed by atoms with Crippen molar-refractivity contribution in [3.05, 3.63) is 35.4 Å². The molecule has 22 heavy (non-hydrogen) atoms. The van der Waals surface area contributed by atoms with Crippen molar-refractivity contribution in [1.82, 2.24) is 15.5 Å². The molecule has 2 unspecified atom stereocenters. The Hall–Kier alpha value is -1.10. The minimum Gasteiger partial charge on any atom is -0.355 e. The van der Waals surface area contributed by atoms with Crippen LogP contribution < -0.4 is 10.6 Å². The Morgan fingerprint density at radius 3 is 2.77 bits per heavy atom. The highest BCUT2D eigenvalue weighted by atomic mass is 35.5. The normalized spacial score (nSPS) is 24.4. The van der Waals surface area contributed by atoms with E-state index in [-0.39, 0.29) is 24.2 Å². The summed E-state index contributed by atoms with van der Waals surface area (Å²) in [4.78, 5) is 14.6. The van der Waals surface area contributed by atoms with E-state index in [2.05, 4.69) is 46.7 Å². The molecular formula is C17H26ClN3O. The molecule has 1 amide bonds. The van der Waals surface area contributed by atoms with Crippen LogP contribution in [-0.2, 0) is 4.79 Å². The maximum Gasteiger partial charge on any atom is 0.223 e. The molecule has 1 aromatic rings. The molecule has 2 N–H and O–H groups in total. The molecule has 1 aromatic carbocycles. The van der Waals surface area contributed by atoms with Gasteiger partial charge >= 0.3 is 0 Å². The van der Waals surface area contributed by atoms with Crippen molar-refractivity contribution in [3.63, 3.8) is 0 Å². The van der Waals surface area contributed by atoms with Gasteiger partial charge in [-0.3, -0.25) is 9.69 Å². The van der Waals surface area contributed by atoms with E-state index in [0.717, 1.165) is 45.7 Å². The van der Waals surface area contributed by atoms with Crippen molar-refractivity contribution in [2.75, 3.05) is 39.3 Å². The molecule has 1 saturated carbocycles. The average molecular weight is 324 g/mol. The number of halogens is 1. The molecule has 122 valence electrons. The zero-order chi connectivity index (χ0) is 14.7. The van der Waals surface area contributed by atoms with Gasteiger partial charge in [-0.05, 0) is 30.4 Å². The van der Waals surface area contributed by atoms with Crippen LogP contribution in [0.1, 0.15) is 23.5 Å². The van der Waals surface area contributed by atoms with Crippen LogP contribution in [0.5, 0.6) is 0 Å². The van der Waals surface area contributed by atoms with Crippen molar-refractivity contribution < 1.29 is 4.79 Å². The Kier molecular flexibility index (Phi) is 6.24. The fourth-order valence-electron chi connectivity index (χ4n) is 3.23. The van der Waals surface area contributed by atoms with Crippen LogP contribution in [0.15, 0.2) is 24.3 Å². The van der Waals surface area contributed by atoms with Gasteiger partial charge in [-0.15, -0.1) is 12.4 Å². The monoisotopic (exact) mass is 323 g/mol. The summed E-state index contributed by atoms with van der Waals surface area (Å²) in [5.41, 5.74) is 2.65. The topological polar surface area (TPSA) is 44.4 Å². The highest BCUT2D eigenvalue weighted by molar-refractivity contribution is 5.85. The zero-order valence-electron chi connectivity index (χ0n) is 13.2. The fourth-order valence-corrected chi connectivity index (χ4v) is 3.23. The Balaban J connectivity index is 0.00000176. The molecule has 4 nitrogen and oxygen atoms in total. The first-order chi connectivity index (χ1) is 10.3. The second-order valence-electron chi connectivity index (χ2n) is 6.19. The standard InChI is InChI=1S/C17H25N3O.ClH/c1-13-4-2-3-5-14(13)15-12-16(15)17(21)19-8-11-20-9-6-18-7-10-20;/h2-5,15-16,18H,6-12H2,1H3,(H,19,21);1H. The van der Waals surface area contributed by atoms with Crippen molar-refractivity contribution in [2.24, 2.45) is 5.92 Å². The molecule has 3 rings (SSSR count). The first kappa shape index (κ1) is 17.3. The maximum atomic E-state index is 12.2. The summed E-state index contributed by atoms with van der Waals surface area (Å²) in [7, 11) is 0. The van der Waals surface area contributed by atoms with E-state index in [1.807, 2.05) is 0 Å². The van der Waals surface area contributed by atoms with Gasteiger partial charge < -0.3 is 10.6 Å². The molecular weight excluding hydrogens is 298 g/mol. The van der Waals surface area contributed by atoms with Gasteiger partial charge in [0.25, 0.3) is 0 Å². The van der Waals surface area contributed by atoms with Crippen LogP contribution in [-0.4, -0.2) is 50.1 Å². The number of aryl methyl sites for hydroxylation is 1. The molecule has 2 atom stereocenters. The highest BCUT2D eigenvalue weighted by Crippen LogP contribution is 2.48. The second-order valence-corrected chi connectivity index (χ2v) is 6.19. The highest BCUT2D eigenvalue weighted by Gasteiger charge is 2.44. The van der Waals surface area contributed by atoms with Crippen LogP contribution in [0.4, 0.5) is 0 Å². The Labute approximate surface area is 139 Å². The largest absolute Gasteiger partial charge is 0.355 e. The molecule has 0 spiro atoms. The van der Waals surface area contributed by atoms with Gasteiger partial charge in [-0.1, -0.05) is 24.3 Å². The summed E-state index contributed by atoms with van der Waals surface area (Å²) in [6, 6.07) is 8.42. The van der Waals surface area contributed by atoms with Gasteiger partial charge in [-0.25, -0.2) is 0 Å². The second kappa shape index (κ2) is 7.95. The van der Waals surface area contributed by atoms with Crippen molar-refractivity contribution in [3.8, 4) is 0 Å². The Bertz CT molecular complexity index is 502. The zero-order valence-corrected chi connectivity index (χ0v) is 14.0. The smallest absolute Gasteiger partial charge is 0.223 e. The molecule has 1 aliphatic carbocycles. The number of amides is 1. The number of nitrogens with one attached hydrogen (secondary N) is 2. The summed E-state index contributed by atoms with van der Waals surface area (Å²) >= 11 is 0. The third-order valence-electron chi connectivity index (χ3n) is 4.65. The van der Waals surface area contributed by atoms with E-state index >= 15 is 0 Å². The number of hydrogen-bond donors (Lipinski definition) is 2. The molecule has 0 aromatic heterocycles. The van der Waals surface area contributed by atoms with E-state index < -0.39 is 0 Å². The van der Waals surface area contributed by atoms with Crippen molar-refractivity contribution in [2.45, 2.75) is 19.3 Å². The maximum absolute atomic E-state index is 12.2. The van der Waals surface area contributed by atoms with Gasteiger partial charge in [-0.2, -0.15) is 0 Å². The minimum atomic E-state index is 0. The van der Waals surface area contributed by atoms with E-state index in [9.17, 15) is 4.79 Å². The van der Waals surface area contributed by atoms with E-state index in [4.69, 9.17) is 0 Å². The van der Waals surface area contributed by atoms with Gasteiger partial charge in [0.2, 0.25) is 5.91 Å². The van der Waals surface area contributed by atoms with Crippen LogP contribution in [0.3, 0.4) is 0 Å². The molecule has 1 saturated heterocycles. The first-order valence-electron chi connectivity index (χ1n) is 8.02. The number of nitrogens with zero attached hydrogens (tertiary/aromatic N) is 1. The molecule has 5 heteroatoms. The van der Waals surface area contributed by atoms with Crippen molar-refractivity contribution in [1.29, 1.82) is 0 Å². The quantitative estimate of drug-likeness (QED) is 0.864. The molecule has 0 bridgehead atoms. The molecule has 1 heterocycles. The minimum absolute atomic E-state index is 0. The number of piperazine rings is 1. The van der Waals surface area contributed by atoms with E-state index in [1.54, 1.807) is 0 Å². The summed E-state index contributed by atoms with van der Waals surface area (Å²) in [5, 5.41) is 6.45. The van der Waals surface area contributed by atoms with Gasteiger partial charge in [0.05, 0.1) is 0 Å². The molecule has 2 fully saturated rings. The summed E-state index contributed by atoms with van der Waals surface area (Å²) < 4.78 is 0. The molecule has 1 aliphatic heterocycles. The van der Waals surface area contributed by atoms with Gasteiger partial charge in [0.15, 0.2) is 0 Å². The first-order valence-corrected chi connectivity index (χ1v) is 8.02. The van der Waals surface area contributed by atoms with Crippen molar-refractivity contribution >= 4 is 18.3 Å². The van der Waals surface area contributed by atoms with Crippen LogP contribution in [0.25, 0.3) is 0 Å². The van der Waals surface area contributed by atoms with Crippen LogP contribution in [0, 0.1) is 12.8 Å². The lowest BCUT2D eigenvalue weighted by molar-refractivity contribution is -0.122. The lowest BCUT2D eigenvalue weighted by Crippen LogP contribution is -2.46. The average Bonchev–Trinajstić information content (AvgIpc) is 3.29. The summed E-state index contributed by atoms with van der Waals surface area (Å²) in [6.45, 7) is 8.17. The number of carbonyl (C=O) groups excluding carboxylic acids is 1. The number of carbonyl (C=O) groups is 1. The summed E-state index contributed by atoms with van der Waals surface area (Å²) in [5.74, 6) is 0.859. The Morgan fingerprint density at radius 1 is 1.32 bits per heavy atom. The predicted molar refractivity (Wildman–Crippen MR) is 91.6 cm³/mol. The van der Waals surface area contributed by atoms with Crippen LogP contribution in [0.2, 0.25) is 0 Å². The third-order valence-corrected chi connectivity index (χ3v) is 4.65. The molecule has 0 radical (unpaired) electrons.